The van der Waals surface area contributed by atoms with Gasteiger partial charge < -0.3 is 11.1 Å². The molecule has 94 valence electrons. The van der Waals surface area contributed by atoms with Gasteiger partial charge in [-0.15, -0.1) is 11.3 Å². The molecule has 0 unspecified atom stereocenters. The summed E-state index contributed by atoms with van der Waals surface area (Å²) in [6, 6.07) is 4.81. The maximum atomic E-state index is 11.1. The van der Waals surface area contributed by atoms with Crippen molar-refractivity contribution < 1.29 is 4.79 Å². The second-order valence-electron chi connectivity index (χ2n) is 3.47. The van der Waals surface area contributed by atoms with Gasteiger partial charge in [-0.3, -0.25) is 4.79 Å². The Bertz CT molecular complexity index is 585. The van der Waals surface area contributed by atoms with E-state index in [-0.39, 0.29) is 0 Å². The number of nitrogens with two attached hydrogens (primary N) is 1. The first-order valence-corrected chi connectivity index (χ1v) is 6.57. The van der Waals surface area contributed by atoms with Crippen molar-refractivity contribution in [3.8, 4) is 0 Å². The number of primary amides is 1. The molecule has 0 saturated carbocycles. The summed E-state index contributed by atoms with van der Waals surface area (Å²) in [7, 11) is 0. The number of hydrogen-bond donors (Lipinski definition) is 2. The van der Waals surface area contributed by atoms with E-state index < -0.39 is 5.91 Å². The van der Waals surface area contributed by atoms with Gasteiger partial charge in [-0.25, -0.2) is 4.98 Å². The lowest BCUT2D eigenvalue weighted by atomic mass is 10.2. The fraction of sp³-hybridized carbons (Fsp3) is 0.0909. The zero-order valence-corrected chi connectivity index (χ0v) is 11.4. The molecule has 0 aliphatic carbocycles. The molecule has 0 aliphatic rings. The van der Waals surface area contributed by atoms with Crippen LogP contribution in [0.4, 0.5) is 5.69 Å². The highest BCUT2D eigenvalue weighted by atomic mass is 35.5. The number of nitrogens with zero attached hydrogens (tertiary/aromatic N) is 1. The van der Waals surface area contributed by atoms with Gasteiger partial charge in [0.15, 0.2) is 0 Å². The molecule has 2 rings (SSSR count). The van der Waals surface area contributed by atoms with Crippen molar-refractivity contribution in [1.29, 1.82) is 0 Å². The monoisotopic (exact) mass is 301 g/mol. The van der Waals surface area contributed by atoms with Crippen LogP contribution in [0.5, 0.6) is 0 Å². The number of carbonyl (C=O) groups is 1. The molecular formula is C11H9Cl2N3OS. The molecule has 0 aliphatic heterocycles. The van der Waals surface area contributed by atoms with Gasteiger partial charge in [0, 0.05) is 5.56 Å². The van der Waals surface area contributed by atoms with Crippen LogP contribution in [0.25, 0.3) is 0 Å². The van der Waals surface area contributed by atoms with E-state index in [0.717, 1.165) is 5.01 Å². The molecule has 0 bridgehead atoms. The average Bonchev–Trinajstić information content (AvgIpc) is 2.74. The molecule has 2 aromatic rings. The minimum absolute atomic E-state index is 0.402. The largest absolute Gasteiger partial charge is 0.377 e. The third-order valence-corrected chi connectivity index (χ3v) is 3.65. The molecule has 1 heterocycles. The van der Waals surface area contributed by atoms with Crippen LogP contribution in [-0.2, 0) is 6.54 Å². The SMILES string of the molecule is NC(=O)c1ccc(Cl)c(NCc2ncc(Cl)s2)c1. The normalized spacial score (nSPS) is 10.3. The van der Waals surface area contributed by atoms with Gasteiger partial charge in [-0.2, -0.15) is 0 Å². The van der Waals surface area contributed by atoms with E-state index in [1.807, 2.05) is 0 Å². The second-order valence-corrected chi connectivity index (χ2v) is 5.62. The Hall–Kier alpha value is -1.30. The van der Waals surface area contributed by atoms with Crippen molar-refractivity contribution in [2.24, 2.45) is 5.73 Å². The first-order valence-electron chi connectivity index (χ1n) is 4.99. The average molecular weight is 302 g/mol. The second kappa shape index (κ2) is 5.56. The molecule has 0 saturated heterocycles. The smallest absolute Gasteiger partial charge is 0.248 e. The maximum Gasteiger partial charge on any atom is 0.248 e. The van der Waals surface area contributed by atoms with E-state index in [1.54, 1.807) is 24.4 Å². The van der Waals surface area contributed by atoms with Gasteiger partial charge in [0.05, 0.1) is 23.5 Å². The summed E-state index contributed by atoms with van der Waals surface area (Å²) in [4.78, 5) is 15.2. The summed E-state index contributed by atoms with van der Waals surface area (Å²) in [5.74, 6) is -0.494. The van der Waals surface area contributed by atoms with Gasteiger partial charge in [0.2, 0.25) is 5.91 Å². The van der Waals surface area contributed by atoms with Crippen LogP contribution in [-0.4, -0.2) is 10.9 Å². The molecule has 4 nitrogen and oxygen atoms in total. The standard InChI is InChI=1S/C11H9Cl2N3OS/c12-7-2-1-6(11(14)17)3-8(7)15-5-10-16-4-9(13)18-10/h1-4,15H,5H2,(H2,14,17). The first-order chi connectivity index (χ1) is 8.56. The van der Waals surface area contributed by atoms with E-state index in [2.05, 4.69) is 10.3 Å². The number of benzene rings is 1. The van der Waals surface area contributed by atoms with Crippen molar-refractivity contribution >= 4 is 46.1 Å². The lowest BCUT2D eigenvalue weighted by molar-refractivity contribution is 0.100. The zero-order chi connectivity index (χ0) is 13.1. The fourth-order valence-electron chi connectivity index (χ4n) is 1.35. The van der Waals surface area contributed by atoms with Crippen molar-refractivity contribution in [3.63, 3.8) is 0 Å². The summed E-state index contributed by atoms with van der Waals surface area (Å²) in [5, 5.41) is 4.44. The highest BCUT2D eigenvalue weighted by Gasteiger charge is 2.06. The van der Waals surface area contributed by atoms with Crippen LogP contribution < -0.4 is 11.1 Å². The molecule has 0 radical (unpaired) electrons. The number of halogens is 2. The zero-order valence-electron chi connectivity index (χ0n) is 9.11. The van der Waals surface area contributed by atoms with Crippen LogP contribution in [0.3, 0.4) is 0 Å². The Balaban J connectivity index is 2.13. The van der Waals surface area contributed by atoms with Gasteiger partial charge >= 0.3 is 0 Å². The highest BCUT2D eigenvalue weighted by molar-refractivity contribution is 7.15. The molecule has 1 aromatic heterocycles. The summed E-state index contributed by atoms with van der Waals surface area (Å²) in [6.45, 7) is 0.485. The van der Waals surface area contributed by atoms with E-state index in [9.17, 15) is 4.79 Å². The number of nitrogens with one attached hydrogen (secondary N) is 1. The van der Waals surface area contributed by atoms with Gasteiger partial charge in [-0.05, 0) is 18.2 Å². The number of anilines is 1. The van der Waals surface area contributed by atoms with Crippen molar-refractivity contribution in [2.45, 2.75) is 6.54 Å². The molecule has 0 fully saturated rings. The van der Waals surface area contributed by atoms with Crippen LogP contribution in [0.2, 0.25) is 9.36 Å². The van der Waals surface area contributed by atoms with Crippen LogP contribution in [0, 0.1) is 0 Å². The van der Waals surface area contributed by atoms with Crippen molar-refractivity contribution in [2.75, 3.05) is 5.32 Å². The first kappa shape index (κ1) is 13.1. The third-order valence-electron chi connectivity index (χ3n) is 2.21. The summed E-state index contributed by atoms with van der Waals surface area (Å²) in [6.07, 6.45) is 1.59. The number of rotatable bonds is 4. The Morgan fingerprint density at radius 2 is 2.22 bits per heavy atom. The molecule has 0 atom stereocenters. The summed E-state index contributed by atoms with van der Waals surface area (Å²) < 4.78 is 0.629. The van der Waals surface area contributed by atoms with Crippen molar-refractivity contribution in [3.05, 3.63) is 44.3 Å². The number of amides is 1. The summed E-state index contributed by atoms with van der Waals surface area (Å²) >= 11 is 13.2. The molecule has 3 N–H and O–H groups in total. The minimum Gasteiger partial charge on any atom is -0.377 e. The Kier molecular flexibility index (Phi) is 4.06. The number of thiazole rings is 1. The minimum atomic E-state index is -0.494. The molecule has 1 amide bonds. The fourth-order valence-corrected chi connectivity index (χ4v) is 2.44. The van der Waals surface area contributed by atoms with E-state index in [4.69, 9.17) is 28.9 Å². The predicted molar refractivity (Wildman–Crippen MR) is 74.4 cm³/mol. The molecule has 0 spiro atoms. The quantitative estimate of drug-likeness (QED) is 0.911. The Morgan fingerprint density at radius 1 is 1.44 bits per heavy atom. The van der Waals surface area contributed by atoms with Gasteiger partial charge in [0.1, 0.15) is 9.34 Å². The predicted octanol–water partition coefficient (Wildman–Crippen LogP) is 3.16. The lowest BCUT2D eigenvalue weighted by Gasteiger charge is -2.07. The van der Waals surface area contributed by atoms with E-state index >= 15 is 0 Å². The lowest BCUT2D eigenvalue weighted by Crippen LogP contribution is -2.11. The Morgan fingerprint density at radius 3 is 2.83 bits per heavy atom. The topological polar surface area (TPSA) is 68.0 Å². The molecular weight excluding hydrogens is 293 g/mol. The summed E-state index contributed by atoms with van der Waals surface area (Å²) in [5.41, 5.74) is 6.25. The van der Waals surface area contributed by atoms with E-state index in [1.165, 1.54) is 11.3 Å². The van der Waals surface area contributed by atoms with Gasteiger partial charge in [0.25, 0.3) is 0 Å². The highest BCUT2D eigenvalue weighted by Crippen LogP contribution is 2.25. The number of aromatic nitrogens is 1. The Labute approximate surface area is 118 Å². The van der Waals surface area contributed by atoms with Crippen LogP contribution in [0.15, 0.2) is 24.4 Å². The van der Waals surface area contributed by atoms with Gasteiger partial charge in [-0.1, -0.05) is 23.2 Å². The third kappa shape index (κ3) is 3.13. The van der Waals surface area contributed by atoms with E-state index in [0.29, 0.717) is 27.2 Å². The maximum absolute atomic E-state index is 11.1. The number of carbonyl (C=O) groups excluding carboxylic acids is 1. The van der Waals surface area contributed by atoms with Crippen LogP contribution >= 0.6 is 34.5 Å². The molecule has 7 heteroatoms. The van der Waals surface area contributed by atoms with Crippen LogP contribution in [0.1, 0.15) is 15.4 Å². The number of hydrogen-bond acceptors (Lipinski definition) is 4. The van der Waals surface area contributed by atoms with Crippen molar-refractivity contribution in [1.82, 2.24) is 4.98 Å². The molecule has 18 heavy (non-hydrogen) atoms. The molecule has 1 aromatic carbocycles.